The third-order valence-corrected chi connectivity index (χ3v) is 2.81. The standard InChI is InChI=1S/C11H22N2O2/c1-3-6-11(2,15)8-13-10(14)9-5-4-7-12-9/h9,12,15H,3-8H2,1-2H3,(H,13,14)/t9-,11?/m0/s1. The van der Waals surface area contributed by atoms with E-state index in [9.17, 15) is 9.90 Å². The lowest BCUT2D eigenvalue weighted by Crippen LogP contribution is -2.46. The highest BCUT2D eigenvalue weighted by molar-refractivity contribution is 5.82. The van der Waals surface area contributed by atoms with Gasteiger partial charge in [0.25, 0.3) is 0 Å². The number of nitrogens with one attached hydrogen (secondary N) is 2. The molecular formula is C11H22N2O2. The van der Waals surface area contributed by atoms with Gasteiger partial charge in [-0.1, -0.05) is 13.3 Å². The highest BCUT2D eigenvalue weighted by Gasteiger charge is 2.25. The molecule has 88 valence electrons. The van der Waals surface area contributed by atoms with Crippen LogP contribution in [0.2, 0.25) is 0 Å². The summed E-state index contributed by atoms with van der Waals surface area (Å²) in [4.78, 5) is 11.6. The van der Waals surface area contributed by atoms with Crippen molar-refractivity contribution in [1.29, 1.82) is 0 Å². The predicted octanol–water partition coefficient (Wildman–Crippen LogP) is 0.406. The Balaban J connectivity index is 2.26. The zero-order valence-electron chi connectivity index (χ0n) is 9.68. The molecule has 1 unspecified atom stereocenters. The van der Waals surface area contributed by atoms with Crippen LogP contribution in [0.25, 0.3) is 0 Å². The Kier molecular flexibility index (Phi) is 4.54. The summed E-state index contributed by atoms with van der Waals surface area (Å²) in [5.74, 6) is 0.0175. The van der Waals surface area contributed by atoms with Crippen molar-refractivity contribution in [3.05, 3.63) is 0 Å². The van der Waals surface area contributed by atoms with Crippen LogP contribution < -0.4 is 10.6 Å². The highest BCUT2D eigenvalue weighted by Crippen LogP contribution is 2.11. The van der Waals surface area contributed by atoms with Gasteiger partial charge in [-0.2, -0.15) is 0 Å². The normalized spacial score (nSPS) is 24.9. The van der Waals surface area contributed by atoms with Crippen LogP contribution in [-0.4, -0.2) is 35.7 Å². The molecule has 0 radical (unpaired) electrons. The van der Waals surface area contributed by atoms with Crippen molar-refractivity contribution in [2.45, 2.75) is 51.2 Å². The second-order valence-electron chi connectivity index (χ2n) is 4.61. The number of rotatable bonds is 5. The largest absolute Gasteiger partial charge is 0.388 e. The molecule has 0 aliphatic carbocycles. The summed E-state index contributed by atoms with van der Waals surface area (Å²) in [5.41, 5.74) is -0.775. The number of amides is 1. The first-order valence-electron chi connectivity index (χ1n) is 5.78. The molecule has 1 aliphatic heterocycles. The molecule has 0 saturated carbocycles. The van der Waals surface area contributed by atoms with Crippen molar-refractivity contribution in [1.82, 2.24) is 10.6 Å². The van der Waals surface area contributed by atoms with Crippen molar-refractivity contribution in [3.8, 4) is 0 Å². The lowest BCUT2D eigenvalue weighted by atomic mass is 10.0. The molecule has 0 aromatic rings. The van der Waals surface area contributed by atoms with Crippen LogP contribution in [0, 0.1) is 0 Å². The van der Waals surface area contributed by atoms with E-state index in [-0.39, 0.29) is 11.9 Å². The molecule has 1 heterocycles. The van der Waals surface area contributed by atoms with Crippen molar-refractivity contribution in [2.75, 3.05) is 13.1 Å². The molecule has 1 rings (SSSR count). The number of hydrogen-bond donors (Lipinski definition) is 3. The van der Waals surface area contributed by atoms with E-state index >= 15 is 0 Å². The minimum atomic E-state index is -0.775. The van der Waals surface area contributed by atoms with Gasteiger partial charge in [0.1, 0.15) is 0 Å². The Morgan fingerprint density at radius 1 is 1.67 bits per heavy atom. The minimum Gasteiger partial charge on any atom is -0.388 e. The zero-order chi connectivity index (χ0) is 11.3. The van der Waals surface area contributed by atoms with E-state index in [4.69, 9.17) is 0 Å². The smallest absolute Gasteiger partial charge is 0.237 e. The van der Waals surface area contributed by atoms with E-state index in [1.165, 1.54) is 0 Å². The first-order valence-corrected chi connectivity index (χ1v) is 5.78. The molecule has 1 amide bonds. The third kappa shape index (κ3) is 4.18. The van der Waals surface area contributed by atoms with Crippen LogP contribution in [-0.2, 0) is 4.79 Å². The fraction of sp³-hybridized carbons (Fsp3) is 0.909. The summed E-state index contributed by atoms with van der Waals surface area (Å²) in [7, 11) is 0. The van der Waals surface area contributed by atoms with Gasteiger partial charge in [-0.15, -0.1) is 0 Å². The van der Waals surface area contributed by atoms with Crippen LogP contribution >= 0.6 is 0 Å². The molecule has 4 nitrogen and oxygen atoms in total. The van der Waals surface area contributed by atoms with E-state index < -0.39 is 5.60 Å². The van der Waals surface area contributed by atoms with E-state index in [1.807, 2.05) is 6.92 Å². The maximum atomic E-state index is 11.6. The summed E-state index contributed by atoms with van der Waals surface area (Å²) in [6.45, 7) is 5.05. The quantitative estimate of drug-likeness (QED) is 0.621. The first kappa shape index (κ1) is 12.5. The molecule has 0 aromatic carbocycles. The van der Waals surface area contributed by atoms with Crippen LogP contribution in [0.3, 0.4) is 0 Å². The Bertz CT molecular complexity index is 211. The number of carbonyl (C=O) groups is 1. The van der Waals surface area contributed by atoms with Crippen LogP contribution in [0.4, 0.5) is 0 Å². The molecular weight excluding hydrogens is 192 g/mol. The van der Waals surface area contributed by atoms with E-state index in [2.05, 4.69) is 10.6 Å². The molecule has 0 bridgehead atoms. The zero-order valence-corrected chi connectivity index (χ0v) is 9.68. The Labute approximate surface area is 91.4 Å². The van der Waals surface area contributed by atoms with Gasteiger partial charge in [-0.05, 0) is 32.7 Å². The Hall–Kier alpha value is -0.610. The fourth-order valence-corrected chi connectivity index (χ4v) is 1.94. The minimum absolute atomic E-state index is 0.0175. The van der Waals surface area contributed by atoms with Crippen molar-refractivity contribution in [3.63, 3.8) is 0 Å². The van der Waals surface area contributed by atoms with Crippen LogP contribution in [0.15, 0.2) is 0 Å². The molecule has 0 aromatic heterocycles. The lowest BCUT2D eigenvalue weighted by molar-refractivity contribution is -0.124. The van der Waals surface area contributed by atoms with Gasteiger partial charge in [0.15, 0.2) is 0 Å². The summed E-state index contributed by atoms with van der Waals surface area (Å²) < 4.78 is 0. The summed E-state index contributed by atoms with van der Waals surface area (Å²) in [5, 5.41) is 15.8. The summed E-state index contributed by atoms with van der Waals surface area (Å²) in [6.07, 6.45) is 3.60. The van der Waals surface area contributed by atoms with Crippen molar-refractivity contribution in [2.24, 2.45) is 0 Å². The van der Waals surface area contributed by atoms with Crippen molar-refractivity contribution >= 4 is 5.91 Å². The maximum Gasteiger partial charge on any atom is 0.237 e. The second-order valence-corrected chi connectivity index (χ2v) is 4.61. The average Bonchev–Trinajstić information content (AvgIpc) is 2.67. The fourth-order valence-electron chi connectivity index (χ4n) is 1.94. The topological polar surface area (TPSA) is 61.4 Å². The number of carbonyl (C=O) groups excluding carboxylic acids is 1. The highest BCUT2D eigenvalue weighted by atomic mass is 16.3. The van der Waals surface area contributed by atoms with Crippen LogP contribution in [0.1, 0.15) is 39.5 Å². The molecule has 2 atom stereocenters. The number of aliphatic hydroxyl groups is 1. The second kappa shape index (κ2) is 5.47. The van der Waals surface area contributed by atoms with Crippen molar-refractivity contribution < 1.29 is 9.90 Å². The molecule has 0 spiro atoms. The lowest BCUT2D eigenvalue weighted by Gasteiger charge is -2.23. The van der Waals surface area contributed by atoms with Gasteiger partial charge >= 0.3 is 0 Å². The molecule has 3 N–H and O–H groups in total. The molecule has 15 heavy (non-hydrogen) atoms. The van der Waals surface area contributed by atoms with Gasteiger partial charge in [-0.3, -0.25) is 4.79 Å². The van der Waals surface area contributed by atoms with Gasteiger partial charge in [-0.25, -0.2) is 0 Å². The Morgan fingerprint density at radius 3 is 2.93 bits per heavy atom. The third-order valence-electron chi connectivity index (χ3n) is 2.81. The van der Waals surface area contributed by atoms with Gasteiger partial charge in [0.2, 0.25) is 5.91 Å². The van der Waals surface area contributed by atoms with E-state index in [0.29, 0.717) is 13.0 Å². The molecule has 1 saturated heterocycles. The van der Waals surface area contributed by atoms with E-state index in [0.717, 1.165) is 25.8 Å². The molecule has 1 aliphatic rings. The first-order chi connectivity index (χ1) is 7.05. The van der Waals surface area contributed by atoms with Gasteiger partial charge < -0.3 is 15.7 Å². The van der Waals surface area contributed by atoms with Crippen LogP contribution in [0.5, 0.6) is 0 Å². The summed E-state index contributed by atoms with van der Waals surface area (Å²) >= 11 is 0. The average molecular weight is 214 g/mol. The summed E-state index contributed by atoms with van der Waals surface area (Å²) in [6, 6.07) is -0.0533. The maximum absolute atomic E-state index is 11.6. The Morgan fingerprint density at radius 2 is 2.40 bits per heavy atom. The monoisotopic (exact) mass is 214 g/mol. The van der Waals surface area contributed by atoms with Gasteiger partial charge in [0, 0.05) is 6.54 Å². The molecule has 1 fully saturated rings. The van der Waals surface area contributed by atoms with E-state index in [1.54, 1.807) is 6.92 Å². The number of hydrogen-bond acceptors (Lipinski definition) is 3. The predicted molar refractivity (Wildman–Crippen MR) is 59.6 cm³/mol. The molecule has 4 heteroatoms. The van der Waals surface area contributed by atoms with Gasteiger partial charge in [0.05, 0.1) is 11.6 Å². The SMILES string of the molecule is CCCC(C)(O)CNC(=O)[C@@H]1CCCN1.